The van der Waals surface area contributed by atoms with E-state index in [4.69, 9.17) is 9.47 Å². The highest BCUT2D eigenvalue weighted by Crippen LogP contribution is 2.22. The Labute approximate surface area is 239 Å². The summed E-state index contributed by atoms with van der Waals surface area (Å²) in [5, 5.41) is 17.6. The number of carbonyl (C=O) groups excluding carboxylic acids is 3. The number of nitrogens with zero attached hydrogens (tertiary/aromatic N) is 2. The van der Waals surface area contributed by atoms with Crippen LogP contribution in [0.5, 0.6) is 0 Å². The summed E-state index contributed by atoms with van der Waals surface area (Å²) >= 11 is 0. The first kappa shape index (κ1) is 31.3. The normalized spacial score (nSPS) is 17.8. The van der Waals surface area contributed by atoms with E-state index in [9.17, 15) is 24.3 Å². The minimum absolute atomic E-state index is 0.128. The van der Waals surface area contributed by atoms with Gasteiger partial charge in [0.25, 0.3) is 0 Å². The minimum Gasteiger partial charge on any atom is -0.480 e. The van der Waals surface area contributed by atoms with Crippen molar-refractivity contribution >= 4 is 29.7 Å². The lowest BCUT2D eigenvalue weighted by Gasteiger charge is -2.24. The van der Waals surface area contributed by atoms with E-state index in [-0.39, 0.29) is 44.2 Å². The fourth-order valence-corrected chi connectivity index (χ4v) is 4.44. The highest BCUT2D eigenvalue weighted by Gasteiger charge is 2.37. The molecule has 4 N–H and O–H groups in total. The number of aliphatic carboxylic acids is 1. The zero-order chi connectivity index (χ0) is 29.6. The van der Waals surface area contributed by atoms with Crippen molar-refractivity contribution in [2.45, 2.75) is 57.9 Å². The molecule has 1 unspecified atom stereocenters. The zero-order valence-corrected chi connectivity index (χ0v) is 23.5. The molecule has 12 heteroatoms. The Morgan fingerprint density at radius 1 is 1.12 bits per heavy atom. The Balaban J connectivity index is 1.51. The van der Waals surface area contributed by atoms with E-state index >= 15 is 0 Å². The van der Waals surface area contributed by atoms with Crippen LogP contribution in [0.2, 0.25) is 0 Å². The van der Waals surface area contributed by atoms with Crippen molar-refractivity contribution in [1.29, 1.82) is 0 Å². The van der Waals surface area contributed by atoms with Gasteiger partial charge in [-0.15, -0.1) is 0 Å². The number of aromatic nitrogens is 1. The molecule has 0 bridgehead atoms. The summed E-state index contributed by atoms with van der Waals surface area (Å²) in [6, 6.07) is 13.3. The first-order valence-electron chi connectivity index (χ1n) is 13.8. The smallest absolute Gasteiger partial charge is 0.410 e. The highest BCUT2D eigenvalue weighted by atomic mass is 16.6. The quantitative estimate of drug-likeness (QED) is 0.253. The summed E-state index contributed by atoms with van der Waals surface area (Å²) < 4.78 is 11.3. The Kier molecular flexibility index (Phi) is 12.4. The van der Waals surface area contributed by atoms with E-state index in [0.29, 0.717) is 25.2 Å². The first-order chi connectivity index (χ1) is 19.8. The molecular formula is C29H39N5O7. The second kappa shape index (κ2) is 16.2. The van der Waals surface area contributed by atoms with Crippen molar-refractivity contribution < 1.29 is 33.8 Å². The predicted molar refractivity (Wildman–Crippen MR) is 151 cm³/mol. The molecule has 1 aromatic heterocycles. The molecule has 0 spiro atoms. The van der Waals surface area contributed by atoms with Gasteiger partial charge in [-0.1, -0.05) is 56.7 Å². The van der Waals surface area contributed by atoms with Crippen molar-refractivity contribution in [2.75, 3.05) is 31.6 Å². The van der Waals surface area contributed by atoms with Crippen molar-refractivity contribution in [1.82, 2.24) is 20.5 Å². The average Bonchev–Trinajstić information content (AvgIpc) is 3.40. The number of benzene rings is 1. The standard InChI is InChI=1S/C29H39N5O7/c1-3-9-20(2)27(36)33-24(28(37)38)16-32-26(35)19-40-23-14-22(15-31-25-12-7-8-13-30-25)34(17-23)29(39)41-18-21-10-5-4-6-11-21/h4-8,10-13,20,22-24H,3,9,14-19H2,1-2H3,(H,30,31)(H,32,35)(H,33,36)(H,37,38)/t20?,22-,23+,24-/m0/s1. The zero-order valence-electron chi connectivity index (χ0n) is 23.5. The fraction of sp³-hybridized carbons (Fsp3) is 0.483. The number of hydrogen-bond donors (Lipinski definition) is 4. The van der Waals surface area contributed by atoms with Gasteiger partial charge >= 0.3 is 12.1 Å². The van der Waals surface area contributed by atoms with Crippen molar-refractivity contribution in [2.24, 2.45) is 5.92 Å². The third kappa shape index (κ3) is 10.4. The summed E-state index contributed by atoms with van der Waals surface area (Å²) in [5.74, 6) is -1.81. The van der Waals surface area contributed by atoms with Gasteiger partial charge in [-0.05, 0) is 30.5 Å². The van der Waals surface area contributed by atoms with Gasteiger partial charge < -0.3 is 35.4 Å². The SMILES string of the molecule is CCCC(C)C(=O)N[C@@H](CNC(=O)CO[C@@H]1C[C@@H](CNc2ccccn2)N(C(=O)OCc2ccccc2)C1)C(=O)O. The molecule has 4 atom stereocenters. The van der Waals surface area contributed by atoms with Crippen LogP contribution in [0.4, 0.5) is 10.6 Å². The maximum Gasteiger partial charge on any atom is 0.410 e. The monoisotopic (exact) mass is 569 g/mol. The number of carboxylic acid groups (broad SMARTS) is 1. The summed E-state index contributed by atoms with van der Waals surface area (Å²) in [6.45, 7) is 3.81. The van der Waals surface area contributed by atoms with E-state index in [1.165, 1.54) is 0 Å². The lowest BCUT2D eigenvalue weighted by molar-refractivity contribution is -0.142. The number of nitrogens with one attached hydrogen (secondary N) is 3. The van der Waals surface area contributed by atoms with Gasteiger partial charge in [0.2, 0.25) is 11.8 Å². The van der Waals surface area contributed by atoms with Gasteiger partial charge in [0.15, 0.2) is 0 Å². The largest absolute Gasteiger partial charge is 0.480 e. The molecule has 0 aliphatic carbocycles. The summed E-state index contributed by atoms with van der Waals surface area (Å²) in [7, 11) is 0. The van der Waals surface area contributed by atoms with Crippen molar-refractivity contribution in [3.05, 3.63) is 60.3 Å². The number of hydrogen-bond acceptors (Lipinski definition) is 8. The number of ether oxygens (including phenoxy) is 2. The number of anilines is 1. The molecule has 41 heavy (non-hydrogen) atoms. The summed E-state index contributed by atoms with van der Waals surface area (Å²) in [5.41, 5.74) is 0.864. The van der Waals surface area contributed by atoms with Crippen LogP contribution in [0.1, 0.15) is 38.7 Å². The molecule has 222 valence electrons. The number of rotatable bonds is 15. The van der Waals surface area contributed by atoms with Gasteiger partial charge in [-0.25, -0.2) is 14.6 Å². The van der Waals surface area contributed by atoms with Gasteiger partial charge in [0.05, 0.1) is 18.7 Å². The number of pyridine rings is 1. The molecule has 1 aromatic carbocycles. The minimum atomic E-state index is -1.26. The lowest BCUT2D eigenvalue weighted by Crippen LogP contribution is -2.50. The lowest BCUT2D eigenvalue weighted by atomic mass is 10.1. The Hall–Kier alpha value is -4.19. The third-order valence-corrected chi connectivity index (χ3v) is 6.74. The van der Waals surface area contributed by atoms with Gasteiger partial charge in [0.1, 0.15) is 25.1 Å². The number of amides is 3. The third-order valence-electron chi connectivity index (χ3n) is 6.74. The van der Waals surface area contributed by atoms with Gasteiger partial charge in [-0.2, -0.15) is 0 Å². The maximum atomic E-state index is 13.0. The molecule has 2 aromatic rings. The fourth-order valence-electron chi connectivity index (χ4n) is 4.44. The Bertz CT molecular complexity index is 1130. The average molecular weight is 570 g/mol. The van der Waals surface area contributed by atoms with Gasteiger partial charge in [-0.3, -0.25) is 9.59 Å². The van der Waals surface area contributed by atoms with E-state index in [2.05, 4.69) is 20.9 Å². The number of carbonyl (C=O) groups is 4. The van der Waals surface area contributed by atoms with Crippen LogP contribution in [0.25, 0.3) is 0 Å². The topological polar surface area (TPSA) is 159 Å². The molecular weight excluding hydrogens is 530 g/mol. The highest BCUT2D eigenvalue weighted by molar-refractivity contribution is 5.85. The summed E-state index contributed by atoms with van der Waals surface area (Å²) in [4.78, 5) is 55.1. The second-order valence-corrected chi connectivity index (χ2v) is 10.0. The molecule has 1 saturated heterocycles. The van der Waals surface area contributed by atoms with Crippen LogP contribution in [0, 0.1) is 5.92 Å². The molecule has 1 fully saturated rings. The summed E-state index contributed by atoms with van der Waals surface area (Å²) in [6.07, 6.45) is 2.62. The molecule has 1 aliphatic rings. The van der Waals surface area contributed by atoms with Crippen LogP contribution in [0.3, 0.4) is 0 Å². The molecule has 0 radical (unpaired) electrons. The molecule has 0 saturated carbocycles. The second-order valence-electron chi connectivity index (χ2n) is 10.0. The van der Waals surface area contributed by atoms with E-state index in [1.54, 1.807) is 18.0 Å². The molecule has 3 rings (SSSR count). The van der Waals surface area contributed by atoms with E-state index < -0.39 is 30.1 Å². The first-order valence-corrected chi connectivity index (χ1v) is 13.8. The number of likely N-dealkylation sites (tertiary alicyclic amines) is 1. The van der Waals surface area contributed by atoms with Crippen molar-refractivity contribution in [3.63, 3.8) is 0 Å². The molecule has 1 aliphatic heterocycles. The van der Waals surface area contributed by atoms with E-state index in [0.717, 1.165) is 12.0 Å². The Morgan fingerprint density at radius 3 is 2.56 bits per heavy atom. The van der Waals surface area contributed by atoms with Crippen LogP contribution in [0.15, 0.2) is 54.7 Å². The van der Waals surface area contributed by atoms with E-state index in [1.807, 2.05) is 55.5 Å². The number of carboxylic acids is 1. The van der Waals surface area contributed by atoms with Crippen molar-refractivity contribution in [3.8, 4) is 0 Å². The molecule has 3 amide bonds. The van der Waals surface area contributed by atoms with Crippen LogP contribution in [-0.2, 0) is 30.5 Å². The maximum absolute atomic E-state index is 13.0. The van der Waals surface area contributed by atoms with Gasteiger partial charge in [0, 0.05) is 25.2 Å². The predicted octanol–water partition coefficient (Wildman–Crippen LogP) is 2.41. The van der Waals surface area contributed by atoms with Crippen LogP contribution in [-0.4, -0.2) is 83.3 Å². The Morgan fingerprint density at radius 2 is 1.88 bits per heavy atom. The van der Waals surface area contributed by atoms with Crippen LogP contribution < -0.4 is 16.0 Å². The molecule has 12 nitrogen and oxygen atoms in total. The molecule has 2 heterocycles. The van der Waals surface area contributed by atoms with Crippen LogP contribution >= 0.6 is 0 Å².